The Morgan fingerprint density at radius 3 is 2.66 bits per heavy atom. The number of carbonyl (C=O) groups is 2. The molecule has 0 radical (unpaired) electrons. The molecule has 2 heterocycles. The zero-order valence-electron chi connectivity index (χ0n) is 18.6. The van der Waals surface area contributed by atoms with Crippen LogP contribution in [-0.4, -0.2) is 52.1 Å². The molecular formula is C23H22F4N4O4. The van der Waals surface area contributed by atoms with Crippen molar-refractivity contribution in [1.82, 2.24) is 9.55 Å². The minimum atomic E-state index is -4.63. The summed E-state index contributed by atoms with van der Waals surface area (Å²) in [6.07, 6.45) is -4.52. The molecule has 1 unspecified atom stereocenters. The van der Waals surface area contributed by atoms with Crippen LogP contribution in [0.1, 0.15) is 29.3 Å². The molecule has 1 aliphatic rings. The van der Waals surface area contributed by atoms with E-state index in [0.717, 1.165) is 19.1 Å². The van der Waals surface area contributed by atoms with Crippen molar-refractivity contribution in [3.05, 3.63) is 53.6 Å². The standard InChI is InChI=1S/C23H22F4N4O4/c1-22(24,13-32)12-31-18-7-6-16(30-8-3-9-35-21(30)34)11-17(18)28-20(31)29-19(33)14-4-2-5-15(10-14)23(25,26)27/h2,4-7,10-11,32H,3,8-9,12-13H2,1H3,(H,28,29,33). The second-order valence-electron chi connectivity index (χ2n) is 8.42. The minimum absolute atomic E-state index is 0.127. The van der Waals surface area contributed by atoms with Gasteiger partial charge in [-0.15, -0.1) is 0 Å². The molecule has 2 amide bonds. The van der Waals surface area contributed by atoms with E-state index in [9.17, 15) is 32.3 Å². The minimum Gasteiger partial charge on any atom is -0.449 e. The number of halogens is 4. The van der Waals surface area contributed by atoms with Gasteiger partial charge in [-0.1, -0.05) is 6.07 Å². The Morgan fingerprint density at radius 2 is 1.97 bits per heavy atom. The summed E-state index contributed by atoms with van der Waals surface area (Å²) < 4.78 is 60.3. The third-order valence-electron chi connectivity index (χ3n) is 5.51. The van der Waals surface area contributed by atoms with E-state index in [4.69, 9.17) is 4.74 Å². The Kier molecular flexibility index (Phi) is 6.41. The third-order valence-corrected chi connectivity index (χ3v) is 5.51. The van der Waals surface area contributed by atoms with Gasteiger partial charge in [-0.2, -0.15) is 13.2 Å². The molecule has 1 saturated heterocycles. The van der Waals surface area contributed by atoms with Crippen molar-refractivity contribution >= 4 is 34.7 Å². The summed E-state index contributed by atoms with van der Waals surface area (Å²) in [6.45, 7) is 0.690. The number of hydrogen-bond donors (Lipinski definition) is 2. The Hall–Kier alpha value is -3.67. The molecule has 0 saturated carbocycles. The number of rotatable bonds is 6. The number of aliphatic hydroxyl groups excluding tert-OH is 1. The summed E-state index contributed by atoms with van der Waals surface area (Å²) >= 11 is 0. The van der Waals surface area contributed by atoms with Gasteiger partial charge in [0.1, 0.15) is 5.67 Å². The van der Waals surface area contributed by atoms with Crippen LogP contribution >= 0.6 is 0 Å². The van der Waals surface area contributed by atoms with Crippen LogP contribution in [0.5, 0.6) is 0 Å². The summed E-state index contributed by atoms with van der Waals surface area (Å²) in [5.41, 5.74) is -2.18. The molecule has 35 heavy (non-hydrogen) atoms. The lowest BCUT2D eigenvalue weighted by Crippen LogP contribution is -2.37. The second kappa shape index (κ2) is 9.17. The highest BCUT2D eigenvalue weighted by molar-refractivity contribution is 6.04. The summed E-state index contributed by atoms with van der Waals surface area (Å²) in [5, 5.41) is 11.8. The van der Waals surface area contributed by atoms with Gasteiger partial charge in [0.25, 0.3) is 5.91 Å². The number of carbonyl (C=O) groups excluding carboxylic acids is 2. The molecule has 1 aromatic heterocycles. The lowest BCUT2D eigenvalue weighted by atomic mass is 10.1. The quantitative estimate of drug-likeness (QED) is 0.496. The molecule has 0 spiro atoms. The normalized spacial score (nSPS) is 16.2. The average Bonchev–Trinajstić information content (AvgIpc) is 3.14. The SMILES string of the molecule is CC(F)(CO)Cn1c(NC(=O)c2cccc(C(F)(F)F)c2)nc2cc(N3CCCOC3=O)ccc21. The molecule has 0 aliphatic carbocycles. The van der Waals surface area contributed by atoms with Crippen molar-refractivity contribution < 1.29 is 37.0 Å². The number of alkyl halides is 4. The number of aromatic nitrogens is 2. The van der Waals surface area contributed by atoms with Gasteiger partial charge < -0.3 is 14.4 Å². The zero-order chi connectivity index (χ0) is 25.4. The van der Waals surface area contributed by atoms with Crippen LogP contribution in [0.3, 0.4) is 0 Å². The number of anilines is 2. The number of aliphatic hydroxyl groups is 1. The summed E-state index contributed by atoms with van der Waals surface area (Å²) in [6, 6.07) is 8.61. The largest absolute Gasteiger partial charge is 0.449 e. The fourth-order valence-corrected chi connectivity index (χ4v) is 3.72. The molecule has 1 aliphatic heterocycles. The highest BCUT2D eigenvalue weighted by atomic mass is 19.4. The van der Waals surface area contributed by atoms with Crippen LogP contribution in [0.2, 0.25) is 0 Å². The van der Waals surface area contributed by atoms with Gasteiger partial charge >= 0.3 is 12.3 Å². The molecule has 12 heteroatoms. The van der Waals surface area contributed by atoms with Crippen molar-refractivity contribution in [2.24, 2.45) is 0 Å². The molecule has 0 bridgehead atoms. The van der Waals surface area contributed by atoms with Gasteiger partial charge in [-0.25, -0.2) is 14.2 Å². The van der Waals surface area contributed by atoms with Crippen molar-refractivity contribution in [3.63, 3.8) is 0 Å². The molecule has 186 valence electrons. The Bertz CT molecular complexity index is 1270. The van der Waals surface area contributed by atoms with Gasteiger partial charge in [0.05, 0.1) is 36.4 Å². The van der Waals surface area contributed by atoms with E-state index in [1.807, 2.05) is 0 Å². The highest BCUT2D eigenvalue weighted by Crippen LogP contribution is 2.31. The fourth-order valence-electron chi connectivity index (χ4n) is 3.72. The summed E-state index contributed by atoms with van der Waals surface area (Å²) in [4.78, 5) is 30.6. The van der Waals surface area contributed by atoms with E-state index in [1.54, 1.807) is 18.2 Å². The zero-order valence-corrected chi connectivity index (χ0v) is 18.6. The van der Waals surface area contributed by atoms with Crippen LogP contribution in [0.25, 0.3) is 11.0 Å². The maximum atomic E-state index is 14.8. The molecule has 2 aromatic carbocycles. The summed E-state index contributed by atoms with van der Waals surface area (Å²) in [5.74, 6) is -1.00. The van der Waals surface area contributed by atoms with E-state index in [2.05, 4.69) is 10.3 Å². The number of cyclic esters (lactones) is 1. The Morgan fingerprint density at radius 1 is 1.20 bits per heavy atom. The van der Waals surface area contributed by atoms with E-state index < -0.39 is 42.6 Å². The van der Waals surface area contributed by atoms with Gasteiger partial charge in [0.2, 0.25) is 5.95 Å². The molecule has 1 atom stereocenters. The number of benzene rings is 2. The van der Waals surface area contributed by atoms with Gasteiger partial charge in [-0.3, -0.25) is 15.0 Å². The van der Waals surface area contributed by atoms with E-state index in [0.29, 0.717) is 42.4 Å². The molecule has 8 nitrogen and oxygen atoms in total. The number of hydrogen-bond acceptors (Lipinski definition) is 5. The second-order valence-corrected chi connectivity index (χ2v) is 8.42. The van der Waals surface area contributed by atoms with Crippen molar-refractivity contribution in [2.75, 3.05) is 30.0 Å². The number of nitrogens with zero attached hydrogens (tertiary/aromatic N) is 3. The average molecular weight is 494 g/mol. The van der Waals surface area contributed by atoms with Crippen LogP contribution in [0.4, 0.5) is 34.0 Å². The van der Waals surface area contributed by atoms with Crippen molar-refractivity contribution in [3.8, 4) is 0 Å². The van der Waals surface area contributed by atoms with E-state index in [-0.39, 0.29) is 11.5 Å². The first-order valence-electron chi connectivity index (χ1n) is 10.7. The Labute approximate surface area is 197 Å². The maximum Gasteiger partial charge on any atom is 0.416 e. The highest BCUT2D eigenvalue weighted by Gasteiger charge is 2.31. The first kappa shape index (κ1) is 24.5. The van der Waals surface area contributed by atoms with Gasteiger partial charge in [0, 0.05) is 17.8 Å². The maximum absolute atomic E-state index is 14.8. The molecule has 3 aromatic rings. The van der Waals surface area contributed by atoms with Crippen LogP contribution in [0.15, 0.2) is 42.5 Å². The molecule has 2 N–H and O–H groups in total. The predicted octanol–water partition coefficient (Wildman–Crippen LogP) is 4.37. The van der Waals surface area contributed by atoms with Gasteiger partial charge in [0.15, 0.2) is 0 Å². The predicted molar refractivity (Wildman–Crippen MR) is 119 cm³/mol. The number of fused-ring (bicyclic) bond motifs is 1. The molecule has 1 fully saturated rings. The van der Waals surface area contributed by atoms with E-state index in [1.165, 1.54) is 15.5 Å². The van der Waals surface area contributed by atoms with Crippen LogP contribution < -0.4 is 10.2 Å². The van der Waals surface area contributed by atoms with E-state index >= 15 is 0 Å². The lowest BCUT2D eigenvalue weighted by Gasteiger charge is -2.26. The smallest absolute Gasteiger partial charge is 0.416 e. The van der Waals surface area contributed by atoms with Gasteiger partial charge in [-0.05, 0) is 49.7 Å². The van der Waals surface area contributed by atoms with Crippen LogP contribution in [-0.2, 0) is 17.5 Å². The first-order chi connectivity index (χ1) is 16.5. The monoisotopic (exact) mass is 494 g/mol. The fraction of sp³-hybridized carbons (Fsp3) is 0.348. The molecule has 4 rings (SSSR count). The molecular weight excluding hydrogens is 472 g/mol. The topological polar surface area (TPSA) is 96.7 Å². The van der Waals surface area contributed by atoms with Crippen molar-refractivity contribution in [2.45, 2.75) is 31.7 Å². The number of amides is 2. The number of imidazole rings is 1. The first-order valence-corrected chi connectivity index (χ1v) is 10.7. The van der Waals surface area contributed by atoms with Crippen LogP contribution in [0, 0.1) is 0 Å². The Balaban J connectivity index is 1.72. The lowest BCUT2D eigenvalue weighted by molar-refractivity contribution is -0.137. The third kappa shape index (κ3) is 5.21. The van der Waals surface area contributed by atoms with Crippen molar-refractivity contribution in [1.29, 1.82) is 0 Å². The summed E-state index contributed by atoms with van der Waals surface area (Å²) in [7, 11) is 0. The number of nitrogens with one attached hydrogen (secondary N) is 1. The number of ether oxygens (including phenoxy) is 1.